The Morgan fingerprint density at radius 1 is 1.30 bits per heavy atom. The predicted molar refractivity (Wildman–Crippen MR) is 70.2 cm³/mol. The Morgan fingerprint density at radius 2 is 1.95 bits per heavy atom. The maximum absolute atomic E-state index is 11.6. The lowest BCUT2D eigenvalue weighted by Gasteiger charge is -2.04. The first kappa shape index (κ1) is 13.5. The Balaban J connectivity index is 2.34. The molecule has 0 radical (unpaired) electrons. The van der Waals surface area contributed by atoms with Crippen LogP contribution in [0.15, 0.2) is 24.3 Å². The molecule has 0 aliphatic rings. The minimum atomic E-state index is -0.634. The summed E-state index contributed by atoms with van der Waals surface area (Å²) in [5.41, 5.74) is 11.8. The number of anilines is 1. The highest BCUT2D eigenvalue weighted by Gasteiger charge is 2.19. The highest BCUT2D eigenvalue weighted by Crippen LogP contribution is 2.16. The van der Waals surface area contributed by atoms with Crippen LogP contribution in [0.3, 0.4) is 0 Å². The van der Waals surface area contributed by atoms with Crippen LogP contribution in [0.2, 0.25) is 0 Å². The number of primary amides is 1. The molecule has 8 heteroatoms. The minimum Gasteiger partial charge on any atom is -0.461 e. The van der Waals surface area contributed by atoms with E-state index in [4.69, 9.17) is 16.2 Å². The van der Waals surface area contributed by atoms with Crippen LogP contribution in [-0.4, -0.2) is 33.5 Å². The summed E-state index contributed by atoms with van der Waals surface area (Å²) in [5.74, 6) is -1.10. The molecule has 1 aromatic carbocycles. The van der Waals surface area contributed by atoms with Crippen LogP contribution in [0.4, 0.5) is 5.82 Å². The first-order valence-electron chi connectivity index (χ1n) is 5.83. The quantitative estimate of drug-likeness (QED) is 0.763. The number of nitrogen functional groups attached to an aromatic ring is 1. The normalized spacial score (nSPS) is 10.2. The lowest BCUT2D eigenvalue weighted by molar-refractivity contribution is 0.0520. The third-order valence-corrected chi connectivity index (χ3v) is 2.57. The summed E-state index contributed by atoms with van der Waals surface area (Å²) in [5, 5.41) is 7.48. The topological polar surface area (TPSA) is 126 Å². The zero-order chi connectivity index (χ0) is 14.7. The van der Waals surface area contributed by atoms with Crippen molar-refractivity contribution in [2.75, 3.05) is 12.3 Å². The number of carbonyl (C=O) groups is 2. The van der Waals surface area contributed by atoms with Crippen LogP contribution in [0.5, 0.6) is 0 Å². The number of ether oxygens (including phenoxy) is 1. The summed E-state index contributed by atoms with van der Waals surface area (Å²) in [6, 6.07) is 6.26. The Morgan fingerprint density at radius 3 is 2.50 bits per heavy atom. The molecule has 0 fully saturated rings. The van der Waals surface area contributed by atoms with Gasteiger partial charge in [0.2, 0.25) is 11.6 Å². The molecule has 0 atom stereocenters. The van der Waals surface area contributed by atoms with Crippen molar-refractivity contribution in [3.05, 3.63) is 35.5 Å². The predicted octanol–water partition coefficient (Wildman–Crippen LogP) is 0.125. The molecule has 8 nitrogen and oxygen atoms in total. The van der Waals surface area contributed by atoms with Crippen molar-refractivity contribution in [1.29, 1.82) is 0 Å². The summed E-state index contributed by atoms with van der Waals surface area (Å²) < 4.78 is 6.09. The molecule has 0 spiro atoms. The molecular formula is C12H13N5O3. The van der Waals surface area contributed by atoms with E-state index in [-0.39, 0.29) is 18.1 Å². The molecule has 1 amide bonds. The monoisotopic (exact) mass is 275 g/mol. The largest absolute Gasteiger partial charge is 0.461 e. The molecule has 4 N–H and O–H groups in total. The summed E-state index contributed by atoms with van der Waals surface area (Å²) in [6.45, 7) is 1.90. The number of hydrogen-bond donors (Lipinski definition) is 2. The van der Waals surface area contributed by atoms with E-state index in [2.05, 4.69) is 10.3 Å². The number of esters is 1. The summed E-state index contributed by atoms with van der Waals surface area (Å²) >= 11 is 0. The van der Waals surface area contributed by atoms with E-state index >= 15 is 0 Å². The smallest absolute Gasteiger partial charge is 0.362 e. The molecular weight excluding hydrogens is 262 g/mol. The van der Waals surface area contributed by atoms with Gasteiger partial charge in [0.15, 0.2) is 5.82 Å². The van der Waals surface area contributed by atoms with Crippen LogP contribution in [0, 0.1) is 0 Å². The zero-order valence-electron chi connectivity index (χ0n) is 10.7. The van der Waals surface area contributed by atoms with Crippen molar-refractivity contribution in [3.63, 3.8) is 0 Å². The number of nitrogens with zero attached hydrogens (tertiary/aromatic N) is 3. The van der Waals surface area contributed by atoms with Gasteiger partial charge in [-0.05, 0) is 31.2 Å². The highest BCUT2D eigenvalue weighted by molar-refractivity contribution is 5.93. The molecule has 0 saturated heterocycles. The number of benzene rings is 1. The first-order chi connectivity index (χ1) is 9.54. The van der Waals surface area contributed by atoms with E-state index < -0.39 is 11.9 Å². The Bertz CT molecular complexity index is 648. The van der Waals surface area contributed by atoms with E-state index in [9.17, 15) is 9.59 Å². The zero-order valence-corrected chi connectivity index (χ0v) is 10.7. The highest BCUT2D eigenvalue weighted by atomic mass is 16.5. The van der Waals surface area contributed by atoms with E-state index in [1.54, 1.807) is 19.1 Å². The van der Waals surface area contributed by atoms with Gasteiger partial charge in [0.25, 0.3) is 0 Å². The van der Waals surface area contributed by atoms with Crippen LogP contribution >= 0.6 is 0 Å². The maximum atomic E-state index is 11.6. The SMILES string of the molecule is CCOC(=O)c1nnn(-c2ccc(C(N)=O)cc2)c1N. The van der Waals surface area contributed by atoms with Crippen molar-refractivity contribution in [2.24, 2.45) is 5.73 Å². The lowest BCUT2D eigenvalue weighted by atomic mass is 10.2. The third-order valence-electron chi connectivity index (χ3n) is 2.57. The maximum Gasteiger partial charge on any atom is 0.362 e. The first-order valence-corrected chi connectivity index (χ1v) is 5.83. The molecule has 0 saturated carbocycles. The summed E-state index contributed by atoms with van der Waals surface area (Å²) in [6.07, 6.45) is 0. The van der Waals surface area contributed by atoms with Gasteiger partial charge in [0.1, 0.15) is 0 Å². The summed E-state index contributed by atoms with van der Waals surface area (Å²) in [4.78, 5) is 22.6. The minimum absolute atomic E-state index is 0.0502. The van der Waals surface area contributed by atoms with Gasteiger partial charge >= 0.3 is 5.97 Å². The fourth-order valence-electron chi connectivity index (χ4n) is 1.59. The van der Waals surface area contributed by atoms with Crippen LogP contribution in [0.25, 0.3) is 5.69 Å². The molecule has 20 heavy (non-hydrogen) atoms. The molecule has 0 unspecified atom stereocenters. The van der Waals surface area contributed by atoms with E-state index in [0.29, 0.717) is 11.3 Å². The summed E-state index contributed by atoms with van der Waals surface area (Å²) in [7, 11) is 0. The standard InChI is InChI=1S/C12H13N5O3/c1-2-20-12(19)9-10(13)17(16-15-9)8-5-3-7(4-6-8)11(14)18/h3-6H,2,13H2,1H3,(H2,14,18). The van der Waals surface area contributed by atoms with Gasteiger partial charge in [-0.3, -0.25) is 4.79 Å². The fraction of sp³-hybridized carbons (Fsp3) is 0.167. The third kappa shape index (κ3) is 2.44. The lowest BCUT2D eigenvalue weighted by Crippen LogP contribution is -2.11. The molecule has 0 aliphatic heterocycles. The van der Waals surface area contributed by atoms with Crippen molar-refractivity contribution in [1.82, 2.24) is 15.0 Å². The second-order valence-corrected chi connectivity index (χ2v) is 3.87. The second kappa shape index (κ2) is 5.39. The molecule has 104 valence electrons. The second-order valence-electron chi connectivity index (χ2n) is 3.87. The number of amides is 1. The van der Waals surface area contributed by atoms with Crippen molar-refractivity contribution in [3.8, 4) is 5.69 Å². The van der Waals surface area contributed by atoms with Gasteiger partial charge in [0, 0.05) is 5.56 Å². The fourth-order valence-corrected chi connectivity index (χ4v) is 1.59. The van der Waals surface area contributed by atoms with Crippen molar-refractivity contribution >= 4 is 17.7 Å². The number of nitrogens with two attached hydrogens (primary N) is 2. The number of carbonyl (C=O) groups excluding carboxylic acids is 2. The molecule has 1 aromatic heterocycles. The van der Waals surface area contributed by atoms with Crippen LogP contribution < -0.4 is 11.5 Å². The Hall–Kier alpha value is -2.90. The number of rotatable bonds is 4. The average molecular weight is 275 g/mol. The van der Waals surface area contributed by atoms with Crippen molar-refractivity contribution in [2.45, 2.75) is 6.92 Å². The van der Waals surface area contributed by atoms with Gasteiger partial charge in [-0.2, -0.15) is 4.68 Å². The molecule has 2 aromatic rings. The molecule has 0 aliphatic carbocycles. The molecule has 2 rings (SSSR count). The van der Waals surface area contributed by atoms with Gasteiger partial charge in [0.05, 0.1) is 12.3 Å². The van der Waals surface area contributed by atoms with Crippen LogP contribution in [0.1, 0.15) is 27.8 Å². The van der Waals surface area contributed by atoms with Crippen molar-refractivity contribution < 1.29 is 14.3 Å². The van der Waals surface area contributed by atoms with Gasteiger partial charge < -0.3 is 16.2 Å². The molecule has 1 heterocycles. The van der Waals surface area contributed by atoms with Gasteiger partial charge in [-0.15, -0.1) is 5.10 Å². The Labute approximate surface area is 114 Å². The van der Waals surface area contributed by atoms with E-state index in [1.165, 1.54) is 16.8 Å². The van der Waals surface area contributed by atoms with E-state index in [1.807, 2.05) is 0 Å². The average Bonchev–Trinajstić information content (AvgIpc) is 2.81. The number of hydrogen-bond acceptors (Lipinski definition) is 6. The Kier molecular flexibility index (Phi) is 3.65. The van der Waals surface area contributed by atoms with E-state index in [0.717, 1.165) is 0 Å². The molecule has 0 bridgehead atoms. The van der Waals surface area contributed by atoms with Gasteiger partial charge in [-0.1, -0.05) is 5.21 Å². The van der Waals surface area contributed by atoms with Crippen LogP contribution in [-0.2, 0) is 4.74 Å². The number of aromatic nitrogens is 3. The van der Waals surface area contributed by atoms with Gasteiger partial charge in [-0.25, -0.2) is 4.79 Å².